The first-order chi connectivity index (χ1) is 9.15. The summed E-state index contributed by atoms with van der Waals surface area (Å²) in [6.45, 7) is 3.14. The second-order valence-electron chi connectivity index (χ2n) is 4.84. The molecule has 19 heavy (non-hydrogen) atoms. The van der Waals surface area contributed by atoms with Gasteiger partial charge in [0.15, 0.2) is 0 Å². The Labute approximate surface area is 112 Å². The first kappa shape index (κ1) is 11.8. The summed E-state index contributed by atoms with van der Waals surface area (Å²) in [6.07, 6.45) is 3.72. The molecule has 1 amide bonds. The third kappa shape index (κ3) is 2.10. The van der Waals surface area contributed by atoms with Crippen molar-refractivity contribution >= 4 is 11.6 Å². The van der Waals surface area contributed by atoms with Crippen molar-refractivity contribution in [3.63, 3.8) is 0 Å². The first-order valence-electron chi connectivity index (χ1n) is 6.32. The molecule has 0 aliphatic carbocycles. The van der Waals surface area contributed by atoms with Crippen LogP contribution in [0, 0.1) is 6.92 Å². The standard InChI is InChI=1S/C15H16N2O2/c1-11-3-4-13-14(9-11)19-8-7-17(13)15(18)12-5-6-16(2)10-12/h3-6,9-10H,7-8H2,1-2H3. The number of nitrogens with zero attached hydrogens (tertiary/aromatic N) is 2. The molecule has 0 unspecified atom stereocenters. The normalized spacial score (nSPS) is 13.9. The molecule has 1 aromatic heterocycles. The van der Waals surface area contributed by atoms with Gasteiger partial charge in [0.05, 0.1) is 17.8 Å². The van der Waals surface area contributed by atoms with Crippen molar-refractivity contribution in [2.75, 3.05) is 18.1 Å². The summed E-state index contributed by atoms with van der Waals surface area (Å²) < 4.78 is 7.51. The number of anilines is 1. The molecule has 4 nitrogen and oxygen atoms in total. The lowest BCUT2D eigenvalue weighted by Crippen LogP contribution is -2.37. The van der Waals surface area contributed by atoms with Crippen LogP contribution in [-0.2, 0) is 7.05 Å². The molecule has 0 fully saturated rings. The van der Waals surface area contributed by atoms with E-state index in [1.165, 1.54) is 0 Å². The van der Waals surface area contributed by atoms with Crippen molar-refractivity contribution in [2.24, 2.45) is 7.05 Å². The lowest BCUT2D eigenvalue weighted by Gasteiger charge is -2.29. The molecular weight excluding hydrogens is 240 g/mol. The molecule has 2 aromatic rings. The van der Waals surface area contributed by atoms with E-state index in [9.17, 15) is 4.79 Å². The maximum Gasteiger partial charge on any atom is 0.260 e. The van der Waals surface area contributed by atoms with Crippen LogP contribution in [0.5, 0.6) is 5.75 Å². The molecule has 98 valence electrons. The molecule has 0 spiro atoms. The molecule has 0 bridgehead atoms. The van der Waals surface area contributed by atoms with E-state index < -0.39 is 0 Å². The molecule has 3 rings (SSSR count). The van der Waals surface area contributed by atoms with E-state index in [-0.39, 0.29) is 5.91 Å². The number of aromatic nitrogens is 1. The Morgan fingerprint density at radius 3 is 2.89 bits per heavy atom. The van der Waals surface area contributed by atoms with Crippen LogP contribution in [0.1, 0.15) is 15.9 Å². The maximum atomic E-state index is 12.5. The summed E-state index contributed by atoms with van der Waals surface area (Å²) in [5.41, 5.74) is 2.69. The van der Waals surface area contributed by atoms with Gasteiger partial charge >= 0.3 is 0 Å². The number of fused-ring (bicyclic) bond motifs is 1. The Morgan fingerprint density at radius 1 is 1.32 bits per heavy atom. The molecule has 2 heterocycles. The minimum atomic E-state index is 0.0222. The molecule has 0 radical (unpaired) electrons. The summed E-state index contributed by atoms with van der Waals surface area (Å²) in [6, 6.07) is 7.76. The molecule has 4 heteroatoms. The Balaban J connectivity index is 1.97. The number of carbonyl (C=O) groups excluding carboxylic acids is 1. The average Bonchev–Trinajstić information content (AvgIpc) is 2.83. The third-order valence-corrected chi connectivity index (χ3v) is 3.30. The molecule has 0 atom stereocenters. The van der Waals surface area contributed by atoms with Gasteiger partial charge in [-0.2, -0.15) is 0 Å². The maximum absolute atomic E-state index is 12.5. The molecule has 1 aromatic carbocycles. The zero-order chi connectivity index (χ0) is 13.4. The van der Waals surface area contributed by atoms with Crippen LogP contribution >= 0.6 is 0 Å². The molecule has 1 aliphatic heterocycles. The van der Waals surface area contributed by atoms with E-state index >= 15 is 0 Å². The van der Waals surface area contributed by atoms with Crippen LogP contribution in [0.4, 0.5) is 5.69 Å². The van der Waals surface area contributed by atoms with Crippen molar-refractivity contribution in [1.82, 2.24) is 4.57 Å². The third-order valence-electron chi connectivity index (χ3n) is 3.30. The van der Waals surface area contributed by atoms with Crippen molar-refractivity contribution in [3.05, 3.63) is 47.8 Å². The van der Waals surface area contributed by atoms with Crippen molar-refractivity contribution in [3.8, 4) is 5.75 Å². The Morgan fingerprint density at radius 2 is 2.16 bits per heavy atom. The quantitative estimate of drug-likeness (QED) is 0.785. The van der Waals surface area contributed by atoms with Gasteiger partial charge in [-0.3, -0.25) is 4.79 Å². The van der Waals surface area contributed by atoms with Crippen molar-refractivity contribution in [1.29, 1.82) is 0 Å². The SMILES string of the molecule is Cc1ccc2c(c1)OCCN2C(=O)c1ccn(C)c1. The Kier molecular flexibility index (Phi) is 2.78. The van der Waals surface area contributed by atoms with Gasteiger partial charge in [0.2, 0.25) is 0 Å². The summed E-state index contributed by atoms with van der Waals surface area (Å²) in [5, 5.41) is 0. The number of hydrogen-bond acceptors (Lipinski definition) is 2. The number of hydrogen-bond donors (Lipinski definition) is 0. The molecule has 0 saturated carbocycles. The lowest BCUT2D eigenvalue weighted by atomic mass is 10.1. The fourth-order valence-corrected chi connectivity index (χ4v) is 2.32. The monoisotopic (exact) mass is 256 g/mol. The number of ether oxygens (including phenoxy) is 1. The van der Waals surface area contributed by atoms with Crippen LogP contribution in [0.25, 0.3) is 0 Å². The second-order valence-corrected chi connectivity index (χ2v) is 4.84. The summed E-state index contributed by atoms with van der Waals surface area (Å²) in [7, 11) is 1.91. The predicted octanol–water partition coefficient (Wildman–Crippen LogP) is 2.37. The fraction of sp³-hybridized carbons (Fsp3) is 0.267. The van der Waals surface area contributed by atoms with Crippen molar-refractivity contribution < 1.29 is 9.53 Å². The van der Waals surface area contributed by atoms with Crippen LogP contribution in [0.3, 0.4) is 0 Å². The van der Waals surface area contributed by atoms with Gasteiger partial charge in [-0.25, -0.2) is 0 Å². The molecule has 0 saturated heterocycles. The Hall–Kier alpha value is -2.23. The molecule has 1 aliphatic rings. The van der Waals surface area contributed by atoms with E-state index in [1.807, 2.05) is 55.2 Å². The molecule has 0 N–H and O–H groups in total. The van der Waals surface area contributed by atoms with Gasteiger partial charge in [-0.15, -0.1) is 0 Å². The number of aryl methyl sites for hydroxylation is 2. The van der Waals surface area contributed by atoms with Gasteiger partial charge < -0.3 is 14.2 Å². The van der Waals surface area contributed by atoms with Gasteiger partial charge in [0.1, 0.15) is 12.4 Å². The van der Waals surface area contributed by atoms with Crippen LogP contribution in [0.15, 0.2) is 36.7 Å². The van der Waals surface area contributed by atoms with Crippen molar-refractivity contribution in [2.45, 2.75) is 6.92 Å². The van der Waals surface area contributed by atoms with Gasteiger partial charge in [-0.1, -0.05) is 6.07 Å². The number of carbonyl (C=O) groups is 1. The Bertz CT molecular complexity index is 631. The van der Waals surface area contributed by atoms with Crippen LogP contribution in [0.2, 0.25) is 0 Å². The highest BCUT2D eigenvalue weighted by Gasteiger charge is 2.24. The highest BCUT2D eigenvalue weighted by molar-refractivity contribution is 6.07. The van der Waals surface area contributed by atoms with E-state index in [0.717, 1.165) is 17.0 Å². The predicted molar refractivity (Wildman–Crippen MR) is 73.8 cm³/mol. The van der Waals surface area contributed by atoms with Gasteiger partial charge in [0, 0.05) is 19.4 Å². The largest absolute Gasteiger partial charge is 0.490 e. The summed E-state index contributed by atoms with van der Waals surface area (Å²) >= 11 is 0. The van der Waals surface area contributed by atoms with Crippen LogP contribution in [-0.4, -0.2) is 23.6 Å². The van der Waals surface area contributed by atoms with Gasteiger partial charge in [0.25, 0.3) is 5.91 Å². The van der Waals surface area contributed by atoms with Crippen LogP contribution < -0.4 is 9.64 Å². The lowest BCUT2D eigenvalue weighted by molar-refractivity contribution is 0.0976. The second kappa shape index (κ2) is 4.46. The number of rotatable bonds is 1. The number of amides is 1. The minimum Gasteiger partial charge on any atom is -0.490 e. The minimum absolute atomic E-state index is 0.0222. The summed E-state index contributed by atoms with van der Waals surface area (Å²) in [4.78, 5) is 14.3. The number of benzene rings is 1. The van der Waals surface area contributed by atoms with Gasteiger partial charge in [-0.05, 0) is 30.7 Å². The van der Waals surface area contributed by atoms with E-state index in [2.05, 4.69) is 0 Å². The zero-order valence-corrected chi connectivity index (χ0v) is 11.1. The average molecular weight is 256 g/mol. The van der Waals surface area contributed by atoms with E-state index in [1.54, 1.807) is 4.90 Å². The van der Waals surface area contributed by atoms with E-state index in [0.29, 0.717) is 18.7 Å². The zero-order valence-electron chi connectivity index (χ0n) is 11.1. The smallest absolute Gasteiger partial charge is 0.260 e. The first-order valence-corrected chi connectivity index (χ1v) is 6.32. The highest BCUT2D eigenvalue weighted by atomic mass is 16.5. The fourth-order valence-electron chi connectivity index (χ4n) is 2.32. The molecular formula is C15H16N2O2. The summed E-state index contributed by atoms with van der Waals surface area (Å²) in [5.74, 6) is 0.810. The highest BCUT2D eigenvalue weighted by Crippen LogP contribution is 2.33. The van der Waals surface area contributed by atoms with E-state index in [4.69, 9.17) is 4.74 Å². The topological polar surface area (TPSA) is 34.5 Å².